The minimum atomic E-state index is -0.242. The van der Waals surface area contributed by atoms with Gasteiger partial charge in [-0.3, -0.25) is 18.8 Å². The van der Waals surface area contributed by atoms with E-state index in [1.54, 1.807) is 46.7 Å². The second-order valence-electron chi connectivity index (χ2n) is 9.19. The molecule has 1 saturated heterocycles. The Bertz CT molecular complexity index is 1480. The molecule has 1 unspecified atom stereocenters. The highest BCUT2D eigenvalue weighted by Gasteiger charge is 2.26. The molecule has 0 aromatic carbocycles. The monoisotopic (exact) mass is 489 g/mol. The van der Waals surface area contributed by atoms with Crippen LogP contribution in [0.2, 0.25) is 0 Å². The Morgan fingerprint density at radius 2 is 2.11 bits per heavy atom. The van der Waals surface area contributed by atoms with Crippen LogP contribution in [0.25, 0.3) is 11.3 Å². The minimum Gasteiger partial charge on any atom is -0.381 e. The van der Waals surface area contributed by atoms with Crippen LogP contribution in [0.1, 0.15) is 29.6 Å². The van der Waals surface area contributed by atoms with Crippen LogP contribution in [-0.2, 0) is 11.3 Å². The number of rotatable bonds is 8. The van der Waals surface area contributed by atoms with Crippen molar-refractivity contribution in [2.75, 3.05) is 30.9 Å². The summed E-state index contributed by atoms with van der Waals surface area (Å²) in [5.74, 6) is 1.27. The van der Waals surface area contributed by atoms with Crippen LogP contribution in [0, 0.1) is 5.92 Å². The van der Waals surface area contributed by atoms with E-state index in [-0.39, 0.29) is 17.5 Å². The molecule has 12 heteroatoms. The lowest BCUT2D eigenvalue weighted by molar-refractivity contribution is 0.0952. The van der Waals surface area contributed by atoms with Crippen molar-refractivity contribution in [3.8, 4) is 5.69 Å². The number of hydrogen-bond donors (Lipinski definition) is 3. The lowest BCUT2D eigenvalue weighted by atomic mass is 10.1. The normalized spacial score (nSPS) is 17.4. The van der Waals surface area contributed by atoms with Crippen LogP contribution < -0.4 is 21.5 Å². The first-order chi connectivity index (χ1) is 17.6. The summed E-state index contributed by atoms with van der Waals surface area (Å²) in [6.07, 6.45) is 9.76. The molecular weight excluding hydrogens is 462 g/mol. The second-order valence-corrected chi connectivity index (χ2v) is 9.19. The Kier molecular flexibility index (Phi) is 5.64. The van der Waals surface area contributed by atoms with Gasteiger partial charge in [0.25, 0.3) is 11.5 Å². The summed E-state index contributed by atoms with van der Waals surface area (Å²) in [7, 11) is 1.76. The smallest absolute Gasteiger partial charge is 0.278 e. The fraction of sp³-hybridized carbons (Fsp3) is 0.375. The van der Waals surface area contributed by atoms with Crippen LogP contribution in [0.3, 0.4) is 0 Å². The van der Waals surface area contributed by atoms with Crippen LogP contribution >= 0.6 is 0 Å². The number of nitrogens with one attached hydrogen (secondary N) is 3. The number of pyridine rings is 1. The van der Waals surface area contributed by atoms with Crippen LogP contribution in [-0.4, -0.2) is 61.2 Å². The molecule has 3 N–H and O–H groups in total. The lowest BCUT2D eigenvalue weighted by Gasteiger charge is -2.11. The fourth-order valence-corrected chi connectivity index (χ4v) is 4.36. The van der Waals surface area contributed by atoms with Gasteiger partial charge in [-0.25, -0.2) is 4.98 Å². The van der Waals surface area contributed by atoms with Gasteiger partial charge in [-0.1, -0.05) is 0 Å². The Labute approximate surface area is 206 Å². The molecule has 6 rings (SSSR count). The highest BCUT2D eigenvalue weighted by molar-refractivity contribution is 6.00. The average molecular weight is 490 g/mol. The molecule has 4 aromatic heterocycles. The van der Waals surface area contributed by atoms with E-state index >= 15 is 0 Å². The quantitative estimate of drug-likeness (QED) is 0.341. The highest BCUT2D eigenvalue weighted by atomic mass is 16.5. The predicted octanol–water partition coefficient (Wildman–Crippen LogP) is 1.79. The van der Waals surface area contributed by atoms with Gasteiger partial charge >= 0.3 is 0 Å². The Morgan fingerprint density at radius 3 is 2.89 bits per heavy atom. The number of carbonyl (C=O) groups is 1. The van der Waals surface area contributed by atoms with Crippen LogP contribution in [0.15, 0.2) is 47.8 Å². The van der Waals surface area contributed by atoms with Crippen molar-refractivity contribution in [2.24, 2.45) is 5.92 Å². The zero-order chi connectivity index (χ0) is 24.6. The molecule has 0 radical (unpaired) electrons. The topological polar surface area (TPSA) is 132 Å². The predicted molar refractivity (Wildman–Crippen MR) is 133 cm³/mol. The molecule has 2 aliphatic rings. The third-order valence-electron chi connectivity index (χ3n) is 6.46. The van der Waals surface area contributed by atoms with E-state index in [4.69, 9.17) is 4.74 Å². The third-order valence-corrected chi connectivity index (χ3v) is 6.46. The molecule has 1 aliphatic heterocycles. The highest BCUT2D eigenvalue weighted by Crippen LogP contribution is 2.23. The van der Waals surface area contributed by atoms with Crippen molar-refractivity contribution in [1.82, 2.24) is 34.3 Å². The summed E-state index contributed by atoms with van der Waals surface area (Å²) in [6.45, 7) is 2.28. The fourth-order valence-electron chi connectivity index (χ4n) is 4.36. The van der Waals surface area contributed by atoms with Crippen molar-refractivity contribution in [2.45, 2.75) is 31.8 Å². The summed E-state index contributed by atoms with van der Waals surface area (Å²) in [4.78, 5) is 30.6. The number of carbonyl (C=O) groups excluding carboxylic acids is 1. The average Bonchev–Trinajstić information content (AvgIpc) is 3.26. The molecule has 1 atom stereocenters. The summed E-state index contributed by atoms with van der Waals surface area (Å²) >= 11 is 0. The molecule has 186 valence electrons. The minimum absolute atomic E-state index is 0.206. The summed E-state index contributed by atoms with van der Waals surface area (Å²) in [5.41, 5.74) is 1.56. The number of aromatic nitrogens is 6. The van der Waals surface area contributed by atoms with E-state index in [2.05, 4.69) is 31.1 Å². The van der Waals surface area contributed by atoms with Crippen LogP contribution in [0.4, 0.5) is 17.3 Å². The van der Waals surface area contributed by atoms with Crippen molar-refractivity contribution in [3.05, 3.63) is 58.9 Å². The van der Waals surface area contributed by atoms with Gasteiger partial charge in [0.05, 0.1) is 24.7 Å². The first-order valence-corrected chi connectivity index (χ1v) is 12.1. The molecule has 36 heavy (non-hydrogen) atoms. The largest absolute Gasteiger partial charge is 0.381 e. The zero-order valence-electron chi connectivity index (χ0n) is 19.8. The SMILES string of the molecule is CNc1cc(Nc2cccn(-c3cnn(CC4CCOC4)c3)c2=O)nc2c(C(=O)NC3CC3)cnn12. The maximum atomic E-state index is 13.3. The van der Waals surface area contributed by atoms with Gasteiger partial charge in [0.2, 0.25) is 0 Å². The number of nitrogens with zero attached hydrogens (tertiary/aromatic N) is 6. The number of anilines is 3. The molecule has 0 bridgehead atoms. The number of ether oxygens (including phenoxy) is 1. The molecule has 5 heterocycles. The van der Waals surface area contributed by atoms with Gasteiger partial charge in [-0.2, -0.15) is 14.7 Å². The molecule has 0 spiro atoms. The molecular formula is C24H27N9O3. The van der Waals surface area contributed by atoms with Crippen molar-refractivity contribution >= 4 is 28.9 Å². The first kappa shape index (κ1) is 22.3. The molecule has 1 amide bonds. The summed E-state index contributed by atoms with van der Waals surface area (Å²) in [5, 5.41) is 17.9. The molecule has 4 aromatic rings. The Hall–Kier alpha value is -4.19. The van der Waals surface area contributed by atoms with Crippen molar-refractivity contribution < 1.29 is 9.53 Å². The lowest BCUT2D eigenvalue weighted by Crippen LogP contribution is -2.25. The number of hydrogen-bond acceptors (Lipinski definition) is 8. The van der Waals surface area contributed by atoms with Gasteiger partial charge in [-0.15, -0.1) is 0 Å². The van der Waals surface area contributed by atoms with Crippen molar-refractivity contribution in [3.63, 3.8) is 0 Å². The summed E-state index contributed by atoms with van der Waals surface area (Å²) < 4.78 is 10.4. The van der Waals surface area contributed by atoms with E-state index < -0.39 is 0 Å². The molecule has 1 aliphatic carbocycles. The summed E-state index contributed by atoms with van der Waals surface area (Å²) in [6, 6.07) is 5.44. The van der Waals surface area contributed by atoms with Gasteiger partial charge in [-0.05, 0) is 31.4 Å². The maximum absolute atomic E-state index is 13.3. The van der Waals surface area contributed by atoms with E-state index in [0.29, 0.717) is 40.1 Å². The third kappa shape index (κ3) is 4.31. The van der Waals surface area contributed by atoms with Gasteiger partial charge in [0.1, 0.15) is 22.9 Å². The van der Waals surface area contributed by atoms with Gasteiger partial charge in [0.15, 0.2) is 5.65 Å². The Balaban J connectivity index is 1.29. The van der Waals surface area contributed by atoms with Crippen LogP contribution in [0.5, 0.6) is 0 Å². The van der Waals surface area contributed by atoms with E-state index in [1.807, 2.05) is 10.9 Å². The molecule has 2 fully saturated rings. The standard InChI is InChI=1S/C24H27N9O3/c1-25-21-9-20(30-22-18(11-27-33(21)22)23(34)28-16-4-5-16)29-19-3-2-7-32(24(19)35)17-10-26-31(13-17)12-15-6-8-36-14-15/h2-3,7,9-11,13,15-16,25H,4-6,8,12,14H2,1H3,(H,28,34)(H,29,30). The molecule has 1 saturated carbocycles. The van der Waals surface area contributed by atoms with Crippen molar-refractivity contribution in [1.29, 1.82) is 0 Å². The second kappa shape index (κ2) is 9.11. The van der Waals surface area contributed by atoms with E-state index in [1.165, 1.54) is 6.20 Å². The van der Waals surface area contributed by atoms with Gasteiger partial charge in [0, 0.05) is 50.6 Å². The zero-order valence-corrected chi connectivity index (χ0v) is 19.8. The van der Waals surface area contributed by atoms with E-state index in [0.717, 1.165) is 39.0 Å². The first-order valence-electron chi connectivity index (χ1n) is 12.1. The van der Waals surface area contributed by atoms with Gasteiger partial charge < -0.3 is 20.7 Å². The van der Waals surface area contributed by atoms with E-state index in [9.17, 15) is 9.59 Å². The number of fused-ring (bicyclic) bond motifs is 1. The Morgan fingerprint density at radius 1 is 1.22 bits per heavy atom. The maximum Gasteiger partial charge on any atom is 0.278 e. The molecule has 12 nitrogen and oxygen atoms in total. The number of amides is 1.